The van der Waals surface area contributed by atoms with Crippen molar-refractivity contribution in [3.63, 3.8) is 0 Å². The number of nitrogens with two attached hydrogens (primary N) is 1. The minimum absolute atomic E-state index is 0. The second-order valence-electron chi connectivity index (χ2n) is 14.1. The molecule has 2 spiro atoms. The van der Waals surface area contributed by atoms with E-state index >= 15 is 0 Å². The van der Waals surface area contributed by atoms with E-state index in [1.54, 1.807) is 12.1 Å². The van der Waals surface area contributed by atoms with Crippen LogP contribution >= 0.6 is 35.6 Å². The van der Waals surface area contributed by atoms with Crippen LogP contribution in [0.2, 0.25) is 10.4 Å². The molecule has 8 fully saturated rings. The first-order valence-electron chi connectivity index (χ1n) is 16.9. The maximum atomic E-state index is 12.9. The fourth-order valence-corrected chi connectivity index (χ4v) is 9.58. The lowest BCUT2D eigenvalue weighted by Crippen LogP contribution is -2.63. The number of furan rings is 2. The molecule has 256 valence electrons. The molecule has 0 radical (unpaired) electrons. The molecule has 0 unspecified atom stereocenters. The Hall–Kier alpha value is -2.68. The third-order valence-electron chi connectivity index (χ3n) is 11.9. The van der Waals surface area contributed by atoms with E-state index in [1.807, 2.05) is 42.5 Å². The molecule has 4 aromatic rings. The fraction of sp³-hybridized carbons (Fsp3) is 0.514. The number of nitrogens with zero attached hydrogens (tertiary/aromatic N) is 2. The van der Waals surface area contributed by atoms with Gasteiger partial charge in [0.05, 0.1) is 0 Å². The van der Waals surface area contributed by atoms with Gasteiger partial charge in [-0.3, -0.25) is 14.6 Å². The Kier molecular flexibility index (Phi) is 10.5. The molecule has 8 heterocycles. The highest BCUT2D eigenvalue weighted by molar-refractivity contribution is 6.30. The number of halogens is 3. The molecule has 4 bridgehead atoms. The van der Waals surface area contributed by atoms with Gasteiger partial charge >= 0.3 is 6.15 Å². The van der Waals surface area contributed by atoms with Gasteiger partial charge in [-0.05, 0) is 143 Å². The third kappa shape index (κ3) is 6.74. The summed E-state index contributed by atoms with van der Waals surface area (Å²) in [6.07, 6.45) is 11.6. The van der Waals surface area contributed by atoms with Gasteiger partial charge < -0.3 is 14.6 Å². The summed E-state index contributed by atoms with van der Waals surface area (Å²) in [5, 5.41) is 2.78. The molecular weight excluding hydrogens is 673 g/mol. The van der Waals surface area contributed by atoms with E-state index < -0.39 is 0 Å². The van der Waals surface area contributed by atoms with Crippen molar-refractivity contribution in [3.05, 3.63) is 70.6 Å². The van der Waals surface area contributed by atoms with Crippen molar-refractivity contribution in [2.24, 2.45) is 23.5 Å². The van der Waals surface area contributed by atoms with Gasteiger partial charge in [0.1, 0.15) is 11.2 Å². The van der Waals surface area contributed by atoms with Crippen LogP contribution in [-0.4, -0.2) is 65.0 Å². The number of benzene rings is 2. The first kappa shape index (κ1) is 35.2. The van der Waals surface area contributed by atoms with Gasteiger partial charge in [-0.1, -0.05) is 18.2 Å². The summed E-state index contributed by atoms with van der Waals surface area (Å²) < 4.78 is 10.5. The molecule has 2 atom stereocenters. The van der Waals surface area contributed by atoms with Crippen molar-refractivity contribution in [1.29, 1.82) is 0 Å². The molecule has 12 rings (SSSR count). The zero-order valence-electron chi connectivity index (χ0n) is 26.9. The summed E-state index contributed by atoms with van der Waals surface area (Å²) in [4.78, 5) is 34.4. The largest absolute Gasteiger partial charge is 0.445 e. The van der Waals surface area contributed by atoms with Crippen LogP contribution in [0.4, 0.5) is 0 Å². The number of rotatable bonds is 3. The van der Waals surface area contributed by atoms with Gasteiger partial charge in [-0.2, -0.15) is 9.59 Å². The summed E-state index contributed by atoms with van der Waals surface area (Å²) in [5.74, 6) is 2.44. The maximum Gasteiger partial charge on any atom is 0.373 e. The molecular formula is C37H42Cl3N3O5. The standard InChI is InChI=1S/C19H20ClNO2.C9H16N2.C8H5ClO.CO2.ClH/c20-18-10-14-9-13(1-2-17(14)23-18)16(22)11-15-12-3-7-21(8-4-12)19(15)5-6-19;10-8-7-1-5-11(6-2-7)9(8)3-4-9;9-8-5-6-3-1-2-4-7(6)10-8;2-1-3;/h1-2,9-10,12,15H,3-8,11H2;7-8H,1-6,10H2;1-5H;;1H/t15-;8-;;;/m11.../s1. The number of hydrogen-bond acceptors (Lipinski definition) is 8. The highest BCUT2D eigenvalue weighted by Crippen LogP contribution is 2.58. The van der Waals surface area contributed by atoms with E-state index in [2.05, 4.69) is 9.80 Å². The van der Waals surface area contributed by atoms with Crippen LogP contribution in [0.15, 0.2) is 63.4 Å². The summed E-state index contributed by atoms with van der Waals surface area (Å²) >= 11 is 11.5. The molecule has 2 aromatic heterocycles. The van der Waals surface area contributed by atoms with Crippen LogP contribution in [0, 0.1) is 17.8 Å². The topological polar surface area (TPSA) is 110 Å². The minimum atomic E-state index is 0. The molecule has 6 saturated heterocycles. The van der Waals surface area contributed by atoms with Crippen LogP contribution in [0.3, 0.4) is 0 Å². The van der Waals surface area contributed by atoms with E-state index in [-0.39, 0.29) is 24.3 Å². The molecule has 2 aromatic carbocycles. The lowest BCUT2D eigenvalue weighted by Gasteiger charge is -2.52. The molecule has 2 N–H and O–H groups in total. The smallest absolute Gasteiger partial charge is 0.373 e. The Morgan fingerprint density at radius 3 is 1.83 bits per heavy atom. The van der Waals surface area contributed by atoms with Crippen LogP contribution in [0.25, 0.3) is 21.9 Å². The van der Waals surface area contributed by atoms with Crippen LogP contribution < -0.4 is 5.73 Å². The summed E-state index contributed by atoms with van der Waals surface area (Å²) in [7, 11) is 0. The predicted octanol–water partition coefficient (Wildman–Crippen LogP) is 8.03. The van der Waals surface area contributed by atoms with E-state index in [4.69, 9.17) is 47.4 Å². The average Bonchev–Trinajstić information content (AvgIpc) is 3.98. The average molecular weight is 715 g/mol. The fourth-order valence-electron chi connectivity index (χ4n) is 9.17. The molecule has 8 nitrogen and oxygen atoms in total. The number of fused-ring (bicyclic) bond motifs is 6. The Bertz CT molecular complexity index is 1740. The lowest BCUT2D eigenvalue weighted by molar-refractivity contribution is -0.191. The van der Waals surface area contributed by atoms with E-state index in [0.29, 0.717) is 39.9 Å². The van der Waals surface area contributed by atoms with Gasteiger partial charge in [0.25, 0.3) is 0 Å². The molecule has 8 aliphatic rings. The Morgan fingerprint density at radius 1 is 0.771 bits per heavy atom. The number of Topliss-reactive ketones (excluding diaryl/α,β-unsaturated/α-hetero) is 1. The van der Waals surface area contributed by atoms with Crippen LogP contribution in [0.1, 0.15) is 68.1 Å². The highest BCUT2D eigenvalue weighted by atomic mass is 35.5. The highest BCUT2D eigenvalue weighted by Gasteiger charge is 2.60. The van der Waals surface area contributed by atoms with Crippen molar-refractivity contribution in [3.8, 4) is 0 Å². The number of piperidine rings is 6. The van der Waals surface area contributed by atoms with Gasteiger partial charge in [0.15, 0.2) is 16.2 Å². The van der Waals surface area contributed by atoms with Crippen molar-refractivity contribution < 1.29 is 23.2 Å². The predicted molar refractivity (Wildman–Crippen MR) is 188 cm³/mol. The van der Waals surface area contributed by atoms with Gasteiger partial charge in [0, 0.05) is 52.0 Å². The van der Waals surface area contributed by atoms with Crippen molar-refractivity contribution >= 4 is 69.5 Å². The number of ketones is 1. The second-order valence-corrected chi connectivity index (χ2v) is 14.8. The van der Waals surface area contributed by atoms with E-state index in [0.717, 1.165) is 39.3 Å². The first-order chi connectivity index (χ1) is 22.8. The molecule has 6 aliphatic heterocycles. The summed E-state index contributed by atoms with van der Waals surface area (Å²) in [6, 6.07) is 17.5. The SMILES string of the molecule is Cl.Clc1cc2ccccc2o1.N[C@@H]1C2CCN(CC2)C12CC2.O=C(C[C@@H]1C2CCN(CC2)C12CC2)c1ccc2oc(Cl)cc2c1.O=C=O. The monoisotopic (exact) mass is 713 g/mol. The zero-order chi connectivity index (χ0) is 32.8. The van der Waals surface area contributed by atoms with Gasteiger partial charge in [-0.25, -0.2) is 0 Å². The Morgan fingerprint density at radius 2 is 1.29 bits per heavy atom. The van der Waals surface area contributed by atoms with Crippen molar-refractivity contribution in [2.45, 2.75) is 74.9 Å². The van der Waals surface area contributed by atoms with E-state index in [1.165, 1.54) is 77.5 Å². The molecule has 2 aliphatic carbocycles. The van der Waals surface area contributed by atoms with E-state index in [9.17, 15) is 4.79 Å². The van der Waals surface area contributed by atoms with Crippen molar-refractivity contribution in [2.75, 3.05) is 26.2 Å². The van der Waals surface area contributed by atoms with Crippen LogP contribution in [-0.2, 0) is 9.59 Å². The van der Waals surface area contributed by atoms with Crippen LogP contribution in [0.5, 0.6) is 0 Å². The minimum Gasteiger partial charge on any atom is -0.445 e. The maximum absolute atomic E-state index is 12.9. The quantitative estimate of drug-likeness (QED) is 0.213. The third-order valence-corrected chi connectivity index (χ3v) is 12.2. The molecule has 2 saturated carbocycles. The number of carbonyl (C=O) groups excluding carboxylic acids is 3. The van der Waals surface area contributed by atoms with Gasteiger partial charge in [0.2, 0.25) is 0 Å². The normalized spacial score (nSPS) is 29.0. The Labute approximate surface area is 296 Å². The number of carbonyl (C=O) groups is 1. The molecule has 11 heteroatoms. The number of para-hydroxylation sites is 1. The lowest BCUT2D eigenvalue weighted by atomic mass is 9.69. The van der Waals surface area contributed by atoms with Gasteiger partial charge in [-0.15, -0.1) is 12.4 Å². The summed E-state index contributed by atoms with van der Waals surface area (Å²) in [5.41, 5.74) is 9.49. The molecule has 48 heavy (non-hydrogen) atoms. The summed E-state index contributed by atoms with van der Waals surface area (Å²) in [6.45, 7) is 5.15. The Balaban J connectivity index is 0.000000134. The number of hydrogen-bond donors (Lipinski definition) is 1. The zero-order valence-corrected chi connectivity index (χ0v) is 29.2. The van der Waals surface area contributed by atoms with Crippen molar-refractivity contribution in [1.82, 2.24) is 9.80 Å². The second kappa shape index (κ2) is 14.3. The first-order valence-corrected chi connectivity index (χ1v) is 17.6. The molecule has 0 amide bonds.